The van der Waals surface area contributed by atoms with Crippen LogP contribution >= 0.6 is 0 Å². The van der Waals surface area contributed by atoms with Crippen LogP contribution < -0.4 is 59.7 Å². The number of benzene rings is 3. The number of aliphatic carboxylic acids is 1. The molecule has 484 valence electrons. The Bertz CT molecular complexity index is 3200. The van der Waals surface area contributed by atoms with Crippen LogP contribution in [0.5, 0.6) is 0 Å². The molecule has 0 spiro atoms. The Hall–Kier alpha value is -9.64. The van der Waals surface area contributed by atoms with Gasteiger partial charge in [0.15, 0.2) is 11.9 Å². The Morgan fingerprint density at radius 2 is 1.06 bits per heavy atom. The maximum Gasteiger partial charge on any atom is 0.326 e. The number of fused-ring (bicyclic) bond motifs is 1. The number of carboxylic acids is 1. The quantitative estimate of drug-likeness (QED) is 0.0142. The summed E-state index contributed by atoms with van der Waals surface area (Å²) in [6.45, 7) is -0.506. The number of rotatable bonds is 31. The molecule has 0 saturated carbocycles. The number of aromatic nitrogens is 1. The van der Waals surface area contributed by atoms with Gasteiger partial charge in [-0.15, -0.1) is 0 Å². The van der Waals surface area contributed by atoms with Gasteiger partial charge in [-0.05, 0) is 87.0 Å². The Balaban J connectivity index is 0.988. The van der Waals surface area contributed by atoms with E-state index in [2.05, 4.69) is 47.5 Å². The number of aromatic amines is 1. The van der Waals surface area contributed by atoms with E-state index >= 15 is 0 Å². The Morgan fingerprint density at radius 1 is 0.556 bits per heavy atom. The number of hydrogen-bond donors (Lipinski definition) is 16. The number of nitrogens with one attached hydrogen (secondary N) is 11. The second kappa shape index (κ2) is 33.1. The molecule has 7 rings (SSSR count). The van der Waals surface area contributed by atoms with Crippen molar-refractivity contribution in [2.45, 2.75) is 138 Å². The second-order valence-electron chi connectivity index (χ2n) is 22.7. The van der Waals surface area contributed by atoms with E-state index in [0.29, 0.717) is 68.3 Å². The van der Waals surface area contributed by atoms with E-state index < -0.39 is 127 Å². The molecule has 0 unspecified atom stereocenters. The standard InChI is InChI=1S/C61H83N17O12/c62-40(19-9-25-67-60(63)64)56(86)78-29-13-24-49(78)58(88)77-28-11-22-47(77)54(84)70-34-50(80)71-43(30-36-14-3-1-4-15-36)52(82)75-46(35-79)57(87)76-27-12-23-48(76)55(85)73-44(31-37-16-5-2-6-17-37)53(83)72-42(21-10-26-68-61(65)66)51(81)74-45(59(89)90)32-38-33-69-41-20-8-7-18-39(38)41/h1-8,14-18,20,33,40,42-49,69,79H,9-13,19,21-32,34-35,62H2,(H,70,84)(H,71,80)(H,72,83)(H,73,85)(H,74,81)(H,75,82)(H,89,90)(H4,63,64,67)(H4,65,66,68)/t40-,42-,43-,44-,45-,46-,47-,48-,49-/m0/s1. The van der Waals surface area contributed by atoms with Gasteiger partial charge in [-0.3, -0.25) is 54.0 Å². The number of amides is 9. The van der Waals surface area contributed by atoms with Crippen LogP contribution in [-0.4, -0.2) is 201 Å². The van der Waals surface area contributed by atoms with Crippen LogP contribution in [0.1, 0.15) is 80.9 Å². The van der Waals surface area contributed by atoms with Crippen LogP contribution in [0.25, 0.3) is 10.9 Å². The molecule has 3 saturated heterocycles. The highest BCUT2D eigenvalue weighted by atomic mass is 16.4. The predicted molar refractivity (Wildman–Crippen MR) is 330 cm³/mol. The zero-order valence-corrected chi connectivity index (χ0v) is 50.0. The fraction of sp³-hybridized carbons (Fsp3) is 0.475. The Kier molecular flexibility index (Phi) is 24.9. The number of carbonyl (C=O) groups excluding carboxylic acids is 9. The van der Waals surface area contributed by atoms with Gasteiger partial charge in [-0.1, -0.05) is 78.9 Å². The molecule has 0 radical (unpaired) electrons. The smallest absolute Gasteiger partial charge is 0.326 e. The second-order valence-corrected chi connectivity index (χ2v) is 22.7. The van der Waals surface area contributed by atoms with Gasteiger partial charge in [0.25, 0.3) is 0 Å². The van der Waals surface area contributed by atoms with Crippen LogP contribution in [0.3, 0.4) is 0 Å². The van der Waals surface area contributed by atoms with Crippen molar-refractivity contribution in [1.29, 1.82) is 10.8 Å². The summed E-state index contributed by atoms with van der Waals surface area (Å²) in [5, 5.41) is 57.7. The number of carboxylic acid groups (broad SMARTS) is 1. The van der Waals surface area contributed by atoms with Gasteiger partial charge < -0.3 is 89.6 Å². The van der Waals surface area contributed by atoms with Crippen LogP contribution in [-0.2, 0) is 67.2 Å². The van der Waals surface area contributed by atoms with Gasteiger partial charge in [-0.2, -0.15) is 0 Å². The molecule has 4 heterocycles. The first-order valence-corrected chi connectivity index (χ1v) is 30.3. The normalized spacial score (nSPS) is 18.2. The molecule has 0 bridgehead atoms. The predicted octanol–water partition coefficient (Wildman–Crippen LogP) is -2.36. The topological polar surface area (TPSA) is 459 Å². The third-order valence-corrected chi connectivity index (χ3v) is 16.2. The Morgan fingerprint density at radius 3 is 1.64 bits per heavy atom. The third-order valence-electron chi connectivity index (χ3n) is 16.2. The number of likely N-dealkylation sites (tertiary alicyclic amines) is 3. The molecule has 3 aromatic carbocycles. The largest absolute Gasteiger partial charge is 0.480 e. The highest BCUT2D eigenvalue weighted by molar-refractivity contribution is 5.99. The number of guanidine groups is 2. The lowest BCUT2D eigenvalue weighted by atomic mass is 10.0. The van der Waals surface area contributed by atoms with Crippen molar-refractivity contribution >= 4 is 82.0 Å². The molecule has 9 amide bonds. The molecule has 29 nitrogen and oxygen atoms in total. The summed E-state index contributed by atoms with van der Waals surface area (Å²) in [7, 11) is 0. The van der Waals surface area contributed by atoms with Crippen LogP contribution in [0.2, 0.25) is 0 Å². The minimum atomic E-state index is -1.63. The molecule has 3 aliphatic heterocycles. The highest BCUT2D eigenvalue weighted by Gasteiger charge is 2.44. The van der Waals surface area contributed by atoms with E-state index in [4.69, 9.17) is 28.0 Å². The van der Waals surface area contributed by atoms with Crippen molar-refractivity contribution in [3.63, 3.8) is 0 Å². The van der Waals surface area contributed by atoms with Crippen molar-refractivity contribution in [3.05, 3.63) is 108 Å². The van der Waals surface area contributed by atoms with Crippen LogP contribution in [0.15, 0.2) is 91.1 Å². The monoisotopic (exact) mass is 1250 g/mol. The highest BCUT2D eigenvalue weighted by Crippen LogP contribution is 2.27. The lowest BCUT2D eigenvalue weighted by Crippen LogP contribution is -2.60. The number of aliphatic hydroxyl groups is 1. The minimum Gasteiger partial charge on any atom is -0.480 e. The average molecular weight is 1250 g/mol. The molecular weight excluding hydrogens is 1160 g/mol. The van der Waals surface area contributed by atoms with E-state index in [-0.39, 0.29) is 76.5 Å². The van der Waals surface area contributed by atoms with Gasteiger partial charge in [0, 0.05) is 69.1 Å². The fourth-order valence-electron chi connectivity index (χ4n) is 11.6. The van der Waals surface area contributed by atoms with Gasteiger partial charge >= 0.3 is 5.97 Å². The zero-order valence-electron chi connectivity index (χ0n) is 50.0. The summed E-state index contributed by atoms with van der Waals surface area (Å²) in [5.41, 5.74) is 19.7. The summed E-state index contributed by atoms with van der Waals surface area (Å²) < 4.78 is 0. The van der Waals surface area contributed by atoms with E-state index in [0.717, 1.165) is 10.9 Å². The van der Waals surface area contributed by atoms with Crippen molar-refractivity contribution in [1.82, 2.24) is 62.2 Å². The van der Waals surface area contributed by atoms with Crippen molar-refractivity contribution in [3.8, 4) is 0 Å². The molecule has 90 heavy (non-hydrogen) atoms. The van der Waals surface area contributed by atoms with Crippen molar-refractivity contribution < 1.29 is 58.2 Å². The number of carbonyl (C=O) groups is 10. The molecule has 3 fully saturated rings. The molecule has 29 heteroatoms. The third kappa shape index (κ3) is 18.9. The molecule has 3 aliphatic rings. The molecule has 0 aliphatic carbocycles. The lowest BCUT2D eigenvalue weighted by molar-refractivity contribution is -0.147. The molecule has 4 aromatic rings. The molecular formula is C61H83N17O12. The van der Waals surface area contributed by atoms with Crippen molar-refractivity contribution in [2.75, 3.05) is 45.9 Å². The summed E-state index contributed by atoms with van der Waals surface area (Å²) in [6.07, 6.45) is 4.39. The first-order valence-electron chi connectivity index (χ1n) is 30.3. The maximum absolute atomic E-state index is 14.5. The first-order chi connectivity index (χ1) is 43.2. The van der Waals surface area contributed by atoms with E-state index in [1.165, 1.54) is 14.7 Å². The minimum absolute atomic E-state index is 0.0138. The van der Waals surface area contributed by atoms with Gasteiger partial charge in [0.05, 0.1) is 19.2 Å². The van der Waals surface area contributed by atoms with E-state index in [1.807, 2.05) is 18.2 Å². The fourth-order valence-corrected chi connectivity index (χ4v) is 11.6. The summed E-state index contributed by atoms with van der Waals surface area (Å²) >= 11 is 0. The van der Waals surface area contributed by atoms with Gasteiger partial charge in [0.2, 0.25) is 53.2 Å². The summed E-state index contributed by atoms with van der Waals surface area (Å²) in [4.78, 5) is 146. The first kappa shape index (κ1) is 67.9. The average Bonchev–Trinajstić information content (AvgIpc) is 1.93. The summed E-state index contributed by atoms with van der Waals surface area (Å²) in [5.74, 6) is -8.23. The summed E-state index contributed by atoms with van der Waals surface area (Å²) in [6, 6.07) is 13.5. The van der Waals surface area contributed by atoms with E-state index in [1.54, 1.807) is 72.9 Å². The lowest BCUT2D eigenvalue weighted by Gasteiger charge is -2.32. The molecule has 19 N–H and O–H groups in total. The SMILES string of the molecule is N=C(N)NCCC[C@H](NC(=O)[C@H](Cc1ccccc1)NC(=O)[C@@H]1CCCN1C(=O)[C@H](CO)NC(=O)[C@H](Cc1ccccc1)NC(=O)CNC(=O)[C@@H]1CCCN1C(=O)[C@@H]1CCCN1C(=O)[C@@H](N)CCCNC(=N)N)C(=O)N[C@@H](Cc1c[nH]c2ccccc12)C(=O)O. The zero-order chi connectivity index (χ0) is 64.9. The number of hydrogen-bond acceptors (Lipinski definition) is 14. The van der Waals surface area contributed by atoms with Crippen molar-refractivity contribution in [2.24, 2.45) is 17.2 Å². The number of nitrogens with two attached hydrogens (primary N) is 3. The number of aliphatic hydroxyl groups excluding tert-OH is 1. The molecule has 9 atom stereocenters. The van der Waals surface area contributed by atoms with Gasteiger partial charge in [0.1, 0.15) is 48.3 Å². The molecule has 1 aromatic heterocycles. The van der Waals surface area contributed by atoms with Crippen LogP contribution in [0.4, 0.5) is 0 Å². The number of nitrogens with zero attached hydrogens (tertiary/aromatic N) is 3. The maximum atomic E-state index is 14.5. The van der Waals surface area contributed by atoms with E-state index in [9.17, 15) is 58.2 Å². The number of H-pyrrole nitrogens is 1. The van der Waals surface area contributed by atoms with Gasteiger partial charge in [-0.25, -0.2) is 4.79 Å². The Labute approximate surface area is 520 Å². The van der Waals surface area contributed by atoms with Crippen LogP contribution in [0, 0.1) is 10.8 Å². The number of para-hydroxylation sites is 1.